The van der Waals surface area contributed by atoms with E-state index in [1.807, 2.05) is 13.8 Å². The monoisotopic (exact) mass is 426 g/mol. The molecule has 10 heteroatoms. The van der Waals surface area contributed by atoms with Gasteiger partial charge >= 0.3 is 6.09 Å². The van der Waals surface area contributed by atoms with Crippen LogP contribution in [-0.4, -0.2) is 68.2 Å². The predicted molar refractivity (Wildman–Crippen MR) is 116 cm³/mol. The Labute approximate surface area is 179 Å². The van der Waals surface area contributed by atoms with Crippen LogP contribution < -0.4 is 26.6 Å². The van der Waals surface area contributed by atoms with Gasteiger partial charge in [-0.15, -0.1) is 0 Å². The standard InChI is InChI=1S/C20H38N6O4/c1-7-13(2)15(17(28)21-6)26-16(27)14(25-19(29)30-20(3,4)5)9-8-10-22-18-23-11-12-24-18/h13-15H,7-12H2,1-6H3,(H,21,28)(H,25,29)(H,26,27)(H2,22,23,24)/t13-,14-,15-/m0/s1. The summed E-state index contributed by atoms with van der Waals surface area (Å²) in [4.78, 5) is 41.6. The number of aliphatic imine (C=N–C) groups is 1. The molecule has 0 aliphatic carbocycles. The zero-order chi connectivity index (χ0) is 22.7. The lowest BCUT2D eigenvalue weighted by Gasteiger charge is -2.27. The van der Waals surface area contributed by atoms with E-state index in [0.717, 1.165) is 25.5 Å². The summed E-state index contributed by atoms with van der Waals surface area (Å²) in [5, 5.41) is 14.3. The highest BCUT2D eigenvalue weighted by molar-refractivity contribution is 5.91. The second-order valence-corrected chi connectivity index (χ2v) is 8.41. The SMILES string of the molecule is CC[C@H](C)[C@H](NC(=O)[C@H](CCCNC1=NCCN1)NC(=O)OC(C)(C)C)C(=O)NC. The minimum Gasteiger partial charge on any atom is -0.444 e. The van der Waals surface area contributed by atoms with Crippen molar-refractivity contribution in [2.24, 2.45) is 10.9 Å². The van der Waals surface area contributed by atoms with E-state index >= 15 is 0 Å². The number of nitrogens with zero attached hydrogens (tertiary/aromatic N) is 1. The lowest BCUT2D eigenvalue weighted by atomic mass is 9.97. The van der Waals surface area contributed by atoms with Gasteiger partial charge in [-0.2, -0.15) is 0 Å². The van der Waals surface area contributed by atoms with Crippen LogP contribution in [0.3, 0.4) is 0 Å². The molecule has 0 aromatic heterocycles. The van der Waals surface area contributed by atoms with Crippen LogP contribution in [0.2, 0.25) is 0 Å². The molecule has 1 aliphatic rings. The molecule has 3 atom stereocenters. The fourth-order valence-corrected chi connectivity index (χ4v) is 2.86. The second kappa shape index (κ2) is 12.2. The van der Waals surface area contributed by atoms with Crippen LogP contribution >= 0.6 is 0 Å². The van der Waals surface area contributed by atoms with Crippen molar-refractivity contribution in [2.75, 3.05) is 26.7 Å². The summed E-state index contributed by atoms with van der Waals surface area (Å²) >= 11 is 0. The third kappa shape index (κ3) is 9.32. The van der Waals surface area contributed by atoms with Crippen molar-refractivity contribution in [1.82, 2.24) is 26.6 Å². The summed E-state index contributed by atoms with van der Waals surface area (Å²) in [6.45, 7) is 11.3. The molecule has 0 aromatic rings. The number of amides is 3. The van der Waals surface area contributed by atoms with Gasteiger partial charge in [0, 0.05) is 20.1 Å². The van der Waals surface area contributed by atoms with Gasteiger partial charge in [0.25, 0.3) is 0 Å². The van der Waals surface area contributed by atoms with E-state index in [-0.39, 0.29) is 11.8 Å². The highest BCUT2D eigenvalue weighted by atomic mass is 16.6. The Bertz CT molecular complexity index is 617. The Morgan fingerprint density at radius 2 is 1.90 bits per heavy atom. The van der Waals surface area contributed by atoms with Gasteiger partial charge in [-0.3, -0.25) is 14.6 Å². The molecule has 0 fully saturated rings. The quantitative estimate of drug-likeness (QED) is 0.323. The first-order valence-electron chi connectivity index (χ1n) is 10.6. The maximum Gasteiger partial charge on any atom is 0.408 e. The molecule has 1 heterocycles. The van der Waals surface area contributed by atoms with E-state index < -0.39 is 29.7 Å². The summed E-state index contributed by atoms with van der Waals surface area (Å²) in [6.07, 6.45) is 1.05. The molecule has 0 aromatic carbocycles. The predicted octanol–water partition coefficient (Wildman–Crippen LogP) is 0.486. The summed E-state index contributed by atoms with van der Waals surface area (Å²) in [7, 11) is 1.53. The molecule has 0 unspecified atom stereocenters. The highest BCUT2D eigenvalue weighted by Gasteiger charge is 2.30. The molecule has 3 amide bonds. The molecule has 1 rings (SSSR count). The van der Waals surface area contributed by atoms with Gasteiger partial charge < -0.3 is 31.3 Å². The van der Waals surface area contributed by atoms with Crippen molar-refractivity contribution in [3.05, 3.63) is 0 Å². The minimum absolute atomic E-state index is 0.0517. The molecule has 172 valence electrons. The van der Waals surface area contributed by atoms with Gasteiger partial charge in [0.1, 0.15) is 17.7 Å². The fourth-order valence-electron chi connectivity index (χ4n) is 2.86. The lowest BCUT2D eigenvalue weighted by molar-refractivity contribution is -0.131. The van der Waals surface area contributed by atoms with Crippen molar-refractivity contribution >= 4 is 23.9 Å². The zero-order valence-electron chi connectivity index (χ0n) is 19.1. The number of guanidine groups is 1. The molecular weight excluding hydrogens is 388 g/mol. The lowest BCUT2D eigenvalue weighted by Crippen LogP contribution is -2.55. The van der Waals surface area contributed by atoms with Gasteiger partial charge in [-0.05, 0) is 39.5 Å². The Morgan fingerprint density at radius 1 is 1.20 bits per heavy atom. The first-order chi connectivity index (χ1) is 14.1. The number of rotatable bonds is 10. The van der Waals surface area contributed by atoms with Crippen molar-refractivity contribution in [2.45, 2.75) is 71.6 Å². The van der Waals surface area contributed by atoms with Crippen LogP contribution in [0.15, 0.2) is 4.99 Å². The summed E-state index contributed by atoms with van der Waals surface area (Å²) < 4.78 is 5.29. The van der Waals surface area contributed by atoms with Crippen molar-refractivity contribution in [3.8, 4) is 0 Å². The van der Waals surface area contributed by atoms with Gasteiger partial charge in [-0.1, -0.05) is 20.3 Å². The second-order valence-electron chi connectivity index (χ2n) is 8.41. The van der Waals surface area contributed by atoms with Crippen LogP contribution in [0, 0.1) is 5.92 Å². The largest absolute Gasteiger partial charge is 0.444 e. The van der Waals surface area contributed by atoms with Crippen LogP contribution in [0.25, 0.3) is 0 Å². The first kappa shape index (κ1) is 25.5. The van der Waals surface area contributed by atoms with Gasteiger partial charge in [0.15, 0.2) is 5.96 Å². The fraction of sp³-hybridized carbons (Fsp3) is 0.800. The average Bonchev–Trinajstić information content (AvgIpc) is 3.19. The molecule has 1 aliphatic heterocycles. The van der Waals surface area contributed by atoms with E-state index in [4.69, 9.17) is 4.74 Å². The zero-order valence-corrected chi connectivity index (χ0v) is 19.1. The number of nitrogens with one attached hydrogen (secondary N) is 5. The van der Waals surface area contributed by atoms with E-state index in [1.165, 1.54) is 7.05 Å². The van der Waals surface area contributed by atoms with E-state index in [0.29, 0.717) is 19.4 Å². The van der Waals surface area contributed by atoms with E-state index in [1.54, 1.807) is 20.8 Å². The van der Waals surface area contributed by atoms with Crippen molar-refractivity contribution in [3.63, 3.8) is 0 Å². The molecular formula is C20H38N6O4. The molecule has 5 N–H and O–H groups in total. The molecule has 0 saturated heterocycles. The third-order valence-corrected chi connectivity index (χ3v) is 4.68. The number of carbonyl (C=O) groups excluding carboxylic acids is 3. The number of likely N-dealkylation sites (N-methyl/N-ethyl adjacent to an activating group) is 1. The summed E-state index contributed by atoms with van der Waals surface area (Å²) in [5.74, 6) is 0.0172. The molecule has 0 radical (unpaired) electrons. The topological polar surface area (TPSA) is 133 Å². The van der Waals surface area contributed by atoms with Gasteiger partial charge in [0.2, 0.25) is 11.8 Å². The number of hydrogen-bond donors (Lipinski definition) is 5. The molecule has 0 spiro atoms. The Balaban J connectivity index is 2.75. The molecule has 30 heavy (non-hydrogen) atoms. The van der Waals surface area contributed by atoms with Gasteiger partial charge in [0.05, 0.1) is 6.54 Å². The van der Waals surface area contributed by atoms with Crippen LogP contribution in [-0.2, 0) is 14.3 Å². The molecule has 0 saturated carbocycles. The van der Waals surface area contributed by atoms with Crippen molar-refractivity contribution < 1.29 is 19.1 Å². The molecule has 0 bridgehead atoms. The minimum atomic E-state index is -0.823. The van der Waals surface area contributed by atoms with E-state index in [2.05, 4.69) is 31.6 Å². The number of alkyl carbamates (subject to hydrolysis) is 1. The summed E-state index contributed by atoms with van der Waals surface area (Å²) in [6, 6.07) is -1.50. The van der Waals surface area contributed by atoms with Crippen molar-refractivity contribution in [1.29, 1.82) is 0 Å². The maximum atomic E-state index is 12.9. The number of carbonyl (C=O) groups is 3. The van der Waals surface area contributed by atoms with E-state index in [9.17, 15) is 14.4 Å². The highest BCUT2D eigenvalue weighted by Crippen LogP contribution is 2.11. The number of ether oxygens (including phenoxy) is 1. The van der Waals surface area contributed by atoms with Crippen LogP contribution in [0.4, 0.5) is 4.79 Å². The third-order valence-electron chi connectivity index (χ3n) is 4.68. The van der Waals surface area contributed by atoms with Crippen LogP contribution in [0.1, 0.15) is 53.9 Å². The smallest absolute Gasteiger partial charge is 0.408 e. The van der Waals surface area contributed by atoms with Gasteiger partial charge in [-0.25, -0.2) is 4.79 Å². The normalized spacial score (nSPS) is 16.4. The summed E-state index contributed by atoms with van der Waals surface area (Å²) in [5.41, 5.74) is -0.680. The first-order valence-corrected chi connectivity index (χ1v) is 10.6. The average molecular weight is 427 g/mol. The number of hydrogen-bond acceptors (Lipinski definition) is 7. The van der Waals surface area contributed by atoms with Crippen LogP contribution in [0.5, 0.6) is 0 Å². The molecule has 10 nitrogen and oxygen atoms in total. The Morgan fingerprint density at radius 3 is 2.43 bits per heavy atom. The Hall–Kier alpha value is -2.52. The maximum absolute atomic E-state index is 12.9. The Kier molecular flexibility index (Phi) is 10.4.